The van der Waals surface area contributed by atoms with Gasteiger partial charge in [-0.2, -0.15) is 0 Å². The summed E-state index contributed by atoms with van der Waals surface area (Å²) in [5.41, 5.74) is 0.162. The zero-order chi connectivity index (χ0) is 20.4. The van der Waals surface area contributed by atoms with Crippen LogP contribution in [0.3, 0.4) is 0 Å². The van der Waals surface area contributed by atoms with Gasteiger partial charge in [-0.1, -0.05) is 38.1 Å². The molecular formula is C19H24F2N4O2. The highest BCUT2D eigenvalue weighted by molar-refractivity contribution is 5.92. The van der Waals surface area contributed by atoms with Crippen LogP contribution in [0.2, 0.25) is 0 Å². The molecule has 8 heteroatoms. The number of benzene rings is 1. The normalized spacial score (nSPS) is 12.7. The molecular weight excluding hydrogens is 354 g/mol. The van der Waals surface area contributed by atoms with Gasteiger partial charge >= 0.3 is 0 Å². The van der Waals surface area contributed by atoms with Crippen molar-refractivity contribution in [2.24, 2.45) is 5.92 Å². The average Bonchev–Trinajstić information content (AvgIpc) is 2.58. The molecule has 1 aromatic carbocycles. The van der Waals surface area contributed by atoms with Crippen LogP contribution in [-0.4, -0.2) is 30.0 Å². The summed E-state index contributed by atoms with van der Waals surface area (Å²) in [5.74, 6) is -3.17. The maximum absolute atomic E-state index is 13.4. The first kappa shape index (κ1) is 20.5. The molecule has 1 atom stereocenters. The van der Waals surface area contributed by atoms with Crippen LogP contribution in [0.4, 0.5) is 14.7 Å². The summed E-state index contributed by atoms with van der Waals surface area (Å²) < 4.78 is 26.8. The lowest BCUT2D eigenvalue weighted by Crippen LogP contribution is -2.33. The number of carbonyl (C=O) groups excluding carboxylic acids is 1. The van der Waals surface area contributed by atoms with Crippen molar-refractivity contribution in [2.45, 2.75) is 32.7 Å². The quantitative estimate of drug-likeness (QED) is 0.810. The van der Waals surface area contributed by atoms with E-state index in [0.29, 0.717) is 5.56 Å². The fourth-order valence-electron chi connectivity index (χ4n) is 2.61. The Morgan fingerprint density at radius 1 is 1.22 bits per heavy atom. The number of nitrogens with zero attached hydrogens (tertiary/aromatic N) is 2. The second kappa shape index (κ2) is 7.85. The molecule has 146 valence electrons. The summed E-state index contributed by atoms with van der Waals surface area (Å²) in [6, 6.07) is 6.57. The Kier molecular flexibility index (Phi) is 5.98. The van der Waals surface area contributed by atoms with Crippen molar-refractivity contribution in [1.29, 1.82) is 0 Å². The highest BCUT2D eigenvalue weighted by Crippen LogP contribution is 2.29. The second-order valence-electron chi connectivity index (χ2n) is 7.05. The molecule has 27 heavy (non-hydrogen) atoms. The number of hydrogen-bond acceptors (Lipinski definition) is 4. The van der Waals surface area contributed by atoms with Gasteiger partial charge in [0.15, 0.2) is 0 Å². The number of rotatable bonds is 6. The van der Waals surface area contributed by atoms with Crippen molar-refractivity contribution in [3.05, 3.63) is 57.5 Å². The number of aromatic amines is 1. The predicted molar refractivity (Wildman–Crippen MR) is 100 cm³/mol. The van der Waals surface area contributed by atoms with Crippen LogP contribution in [0, 0.1) is 5.92 Å². The third-order valence-corrected chi connectivity index (χ3v) is 4.12. The van der Waals surface area contributed by atoms with E-state index < -0.39 is 23.4 Å². The number of anilines is 1. The van der Waals surface area contributed by atoms with Crippen LogP contribution in [0.5, 0.6) is 0 Å². The van der Waals surface area contributed by atoms with Crippen LogP contribution < -0.4 is 15.8 Å². The van der Waals surface area contributed by atoms with E-state index in [4.69, 9.17) is 0 Å². The first-order valence-corrected chi connectivity index (χ1v) is 8.57. The Balaban J connectivity index is 2.29. The first-order chi connectivity index (χ1) is 12.5. The van der Waals surface area contributed by atoms with Crippen molar-refractivity contribution in [3.8, 4) is 0 Å². The van der Waals surface area contributed by atoms with Crippen molar-refractivity contribution in [2.75, 3.05) is 19.0 Å². The lowest BCUT2D eigenvalue weighted by atomic mass is 9.94. The number of aromatic nitrogens is 2. The Morgan fingerprint density at radius 3 is 2.30 bits per heavy atom. The van der Waals surface area contributed by atoms with Crippen LogP contribution in [0.1, 0.15) is 48.4 Å². The Labute approximate surface area is 156 Å². The van der Waals surface area contributed by atoms with Crippen molar-refractivity contribution >= 4 is 11.9 Å². The number of amides is 1. The van der Waals surface area contributed by atoms with E-state index in [0.717, 1.165) is 13.0 Å². The minimum absolute atomic E-state index is 0.00254. The molecule has 0 aliphatic carbocycles. The number of H-pyrrole nitrogens is 1. The molecule has 0 saturated carbocycles. The molecule has 0 fully saturated rings. The standard InChI is InChI=1S/C19H24F2N4O2/c1-11(2)16(12-6-8-13(9-7-12)19(3,20)21)24-17(27)14-10-15(26)23-18(22-14)25(4)5/h6-11,16H,1-5H3,(H,24,27)(H,22,23,26). The molecule has 2 N–H and O–H groups in total. The topological polar surface area (TPSA) is 78.1 Å². The summed E-state index contributed by atoms with van der Waals surface area (Å²) in [6.45, 7) is 4.65. The summed E-state index contributed by atoms with van der Waals surface area (Å²) in [4.78, 5) is 32.7. The summed E-state index contributed by atoms with van der Waals surface area (Å²) >= 11 is 0. The van der Waals surface area contributed by atoms with E-state index in [9.17, 15) is 18.4 Å². The van der Waals surface area contributed by atoms with Crippen molar-refractivity contribution < 1.29 is 13.6 Å². The van der Waals surface area contributed by atoms with E-state index in [1.165, 1.54) is 12.1 Å². The van der Waals surface area contributed by atoms with Crippen LogP contribution in [0.15, 0.2) is 35.1 Å². The Morgan fingerprint density at radius 2 is 1.81 bits per heavy atom. The molecule has 2 rings (SSSR count). The molecule has 1 amide bonds. The lowest BCUT2D eigenvalue weighted by molar-refractivity contribution is 0.0174. The zero-order valence-electron chi connectivity index (χ0n) is 16.0. The largest absolute Gasteiger partial charge is 0.348 e. The molecule has 0 spiro atoms. The number of carbonyl (C=O) groups is 1. The molecule has 0 aliphatic heterocycles. The van der Waals surface area contributed by atoms with Crippen molar-refractivity contribution in [1.82, 2.24) is 15.3 Å². The fraction of sp³-hybridized carbons (Fsp3) is 0.421. The van der Waals surface area contributed by atoms with E-state index in [1.54, 1.807) is 31.1 Å². The average molecular weight is 378 g/mol. The number of nitrogens with one attached hydrogen (secondary N) is 2. The maximum atomic E-state index is 13.4. The third kappa shape index (κ3) is 5.12. The predicted octanol–water partition coefficient (Wildman–Crippen LogP) is 3.07. The minimum Gasteiger partial charge on any atom is -0.348 e. The van der Waals surface area contributed by atoms with Gasteiger partial charge in [0.05, 0.1) is 6.04 Å². The highest BCUT2D eigenvalue weighted by Gasteiger charge is 2.25. The van der Waals surface area contributed by atoms with Gasteiger partial charge in [0, 0.05) is 32.6 Å². The molecule has 0 saturated heterocycles. The third-order valence-electron chi connectivity index (χ3n) is 4.12. The van der Waals surface area contributed by atoms with Crippen LogP contribution >= 0.6 is 0 Å². The summed E-state index contributed by atoms with van der Waals surface area (Å²) in [7, 11) is 3.39. The second-order valence-corrected chi connectivity index (χ2v) is 7.05. The van der Waals surface area contributed by atoms with Crippen molar-refractivity contribution in [3.63, 3.8) is 0 Å². The van der Waals surface area contributed by atoms with Gasteiger partial charge in [-0.15, -0.1) is 0 Å². The fourth-order valence-corrected chi connectivity index (χ4v) is 2.61. The van der Waals surface area contributed by atoms with Gasteiger partial charge < -0.3 is 10.2 Å². The minimum atomic E-state index is -2.92. The molecule has 0 bridgehead atoms. The van der Waals surface area contributed by atoms with Crippen LogP contribution in [-0.2, 0) is 5.92 Å². The van der Waals surface area contributed by atoms with Gasteiger partial charge in [0.2, 0.25) is 5.95 Å². The van der Waals surface area contributed by atoms with Gasteiger partial charge in [-0.3, -0.25) is 14.6 Å². The van der Waals surface area contributed by atoms with E-state index >= 15 is 0 Å². The number of alkyl halides is 2. The Bertz CT molecular complexity index is 855. The van der Waals surface area contributed by atoms with E-state index in [2.05, 4.69) is 15.3 Å². The van der Waals surface area contributed by atoms with Crippen LogP contribution in [0.25, 0.3) is 0 Å². The SMILES string of the molecule is CC(C)C(NC(=O)c1cc(=O)[nH]c(N(C)C)n1)c1ccc(C(C)(F)F)cc1. The van der Waals surface area contributed by atoms with E-state index in [-0.39, 0.29) is 23.1 Å². The first-order valence-electron chi connectivity index (χ1n) is 8.57. The zero-order valence-corrected chi connectivity index (χ0v) is 16.0. The van der Waals surface area contributed by atoms with Gasteiger partial charge in [0.1, 0.15) is 5.69 Å². The molecule has 0 aliphatic rings. The molecule has 6 nitrogen and oxygen atoms in total. The number of halogens is 2. The van der Waals surface area contributed by atoms with Gasteiger partial charge in [-0.25, -0.2) is 13.8 Å². The van der Waals surface area contributed by atoms with Gasteiger partial charge in [0.25, 0.3) is 17.4 Å². The lowest BCUT2D eigenvalue weighted by Gasteiger charge is -2.23. The van der Waals surface area contributed by atoms with Gasteiger partial charge in [-0.05, 0) is 11.5 Å². The Hall–Kier alpha value is -2.77. The summed E-state index contributed by atoms with van der Waals surface area (Å²) in [5, 5.41) is 2.84. The molecule has 1 aromatic heterocycles. The van der Waals surface area contributed by atoms with E-state index in [1.807, 2.05) is 13.8 Å². The molecule has 1 unspecified atom stereocenters. The molecule has 2 aromatic rings. The highest BCUT2D eigenvalue weighted by atomic mass is 19.3. The number of hydrogen-bond donors (Lipinski definition) is 2. The monoisotopic (exact) mass is 378 g/mol. The maximum Gasteiger partial charge on any atom is 0.270 e. The molecule has 0 radical (unpaired) electrons. The summed E-state index contributed by atoms with van der Waals surface area (Å²) in [6.07, 6.45) is 0. The smallest absolute Gasteiger partial charge is 0.270 e. The molecule has 1 heterocycles.